The third kappa shape index (κ3) is 3.46. The second-order valence-electron chi connectivity index (χ2n) is 4.71. The number of nitrogens with one attached hydrogen (secondary N) is 2. The van der Waals surface area contributed by atoms with Crippen LogP contribution in [0.4, 0.5) is 4.39 Å². The maximum atomic E-state index is 12.9. The van der Waals surface area contributed by atoms with Crippen LogP contribution in [0.25, 0.3) is 5.76 Å². The highest BCUT2D eigenvalue weighted by atomic mass is 19.1. The topological polar surface area (TPSA) is 120 Å². The molecule has 2 heterocycles. The summed E-state index contributed by atoms with van der Waals surface area (Å²) in [7, 11) is 0. The van der Waals surface area contributed by atoms with Gasteiger partial charge < -0.3 is 5.11 Å². The molecular formula is C14H11FN6O2. The average Bonchev–Trinajstić information content (AvgIpc) is 3.21. The van der Waals surface area contributed by atoms with E-state index < -0.39 is 5.78 Å². The fourth-order valence-corrected chi connectivity index (χ4v) is 1.93. The molecule has 0 atom stereocenters. The molecule has 0 fully saturated rings. The Kier molecular flexibility index (Phi) is 3.91. The summed E-state index contributed by atoms with van der Waals surface area (Å²) in [5.74, 6) is -1.38. The van der Waals surface area contributed by atoms with Crippen molar-refractivity contribution in [1.29, 1.82) is 0 Å². The minimum Gasteiger partial charge on any atom is -0.505 e. The second-order valence-corrected chi connectivity index (χ2v) is 4.71. The van der Waals surface area contributed by atoms with Crippen LogP contribution in [0.2, 0.25) is 0 Å². The molecule has 23 heavy (non-hydrogen) atoms. The molecule has 2 aromatic heterocycles. The molecule has 116 valence electrons. The van der Waals surface area contributed by atoms with Crippen molar-refractivity contribution in [2.45, 2.75) is 6.42 Å². The first-order valence-corrected chi connectivity index (χ1v) is 6.59. The number of ketones is 1. The van der Waals surface area contributed by atoms with Gasteiger partial charge >= 0.3 is 0 Å². The molecule has 1 aromatic carbocycles. The van der Waals surface area contributed by atoms with E-state index in [1.165, 1.54) is 12.1 Å². The van der Waals surface area contributed by atoms with Gasteiger partial charge in [0, 0.05) is 18.2 Å². The number of carbonyl (C=O) groups excluding carboxylic acids is 1. The van der Waals surface area contributed by atoms with Gasteiger partial charge in [-0.15, -0.1) is 10.2 Å². The molecule has 0 saturated carbocycles. The zero-order valence-electron chi connectivity index (χ0n) is 11.7. The summed E-state index contributed by atoms with van der Waals surface area (Å²) in [6.07, 6.45) is 1.45. The van der Waals surface area contributed by atoms with Crippen LogP contribution in [-0.4, -0.2) is 41.7 Å². The zero-order chi connectivity index (χ0) is 16.2. The van der Waals surface area contributed by atoms with Gasteiger partial charge in [0.2, 0.25) is 11.6 Å². The quantitative estimate of drug-likeness (QED) is 0.372. The molecule has 0 bridgehead atoms. The largest absolute Gasteiger partial charge is 0.505 e. The van der Waals surface area contributed by atoms with Crippen molar-refractivity contribution in [3.8, 4) is 0 Å². The predicted molar refractivity (Wildman–Crippen MR) is 76.9 cm³/mol. The summed E-state index contributed by atoms with van der Waals surface area (Å²) >= 11 is 0. The van der Waals surface area contributed by atoms with Gasteiger partial charge in [-0.05, 0) is 29.0 Å². The molecule has 0 spiro atoms. The van der Waals surface area contributed by atoms with E-state index in [2.05, 4.69) is 30.8 Å². The van der Waals surface area contributed by atoms with Crippen molar-refractivity contribution in [3.63, 3.8) is 0 Å². The van der Waals surface area contributed by atoms with E-state index in [9.17, 15) is 14.3 Å². The molecule has 0 aliphatic heterocycles. The number of aliphatic hydroxyl groups excluding tert-OH is 1. The van der Waals surface area contributed by atoms with Gasteiger partial charge in [0.1, 0.15) is 17.3 Å². The van der Waals surface area contributed by atoms with Gasteiger partial charge in [0.15, 0.2) is 0 Å². The van der Waals surface area contributed by atoms with E-state index >= 15 is 0 Å². The summed E-state index contributed by atoms with van der Waals surface area (Å²) < 4.78 is 12.9. The normalized spacial score (nSPS) is 11.6. The highest BCUT2D eigenvalue weighted by Crippen LogP contribution is 2.14. The standard InChI is InChI=1S/C14H11FN6O2/c15-9-3-1-8(2-4-9)5-10-6-11(17-16-10)12(22)7-13(23)14-18-20-21-19-14/h1-4,6-7,22H,5H2,(H,16,17)(H,18,19,20,21). The highest BCUT2D eigenvalue weighted by molar-refractivity contribution is 6.04. The van der Waals surface area contributed by atoms with E-state index in [0.29, 0.717) is 12.1 Å². The van der Waals surface area contributed by atoms with Crippen LogP contribution in [0, 0.1) is 5.82 Å². The first kappa shape index (κ1) is 14.6. The Morgan fingerprint density at radius 2 is 2.04 bits per heavy atom. The lowest BCUT2D eigenvalue weighted by molar-refractivity contribution is 0.103. The van der Waals surface area contributed by atoms with Gasteiger partial charge in [0.25, 0.3) is 0 Å². The maximum Gasteiger partial charge on any atom is 0.244 e. The number of aliphatic hydroxyl groups is 1. The Labute approximate surface area is 129 Å². The number of hydrogen-bond donors (Lipinski definition) is 3. The van der Waals surface area contributed by atoms with Crippen molar-refractivity contribution in [2.75, 3.05) is 0 Å². The number of aromatic amines is 2. The van der Waals surface area contributed by atoms with Crippen molar-refractivity contribution < 1.29 is 14.3 Å². The van der Waals surface area contributed by atoms with Gasteiger partial charge in [-0.25, -0.2) is 4.39 Å². The first-order chi connectivity index (χ1) is 11.1. The van der Waals surface area contributed by atoms with Crippen LogP contribution in [-0.2, 0) is 6.42 Å². The van der Waals surface area contributed by atoms with Crippen molar-refractivity contribution in [2.24, 2.45) is 0 Å². The minimum atomic E-state index is -0.598. The Hall–Kier alpha value is -3.36. The smallest absolute Gasteiger partial charge is 0.244 e. The van der Waals surface area contributed by atoms with Crippen LogP contribution < -0.4 is 0 Å². The van der Waals surface area contributed by atoms with E-state index in [0.717, 1.165) is 11.6 Å². The van der Waals surface area contributed by atoms with E-state index in [4.69, 9.17) is 0 Å². The van der Waals surface area contributed by atoms with E-state index in [1.54, 1.807) is 18.2 Å². The van der Waals surface area contributed by atoms with Gasteiger partial charge in [-0.1, -0.05) is 12.1 Å². The van der Waals surface area contributed by atoms with E-state index in [1.807, 2.05) is 0 Å². The van der Waals surface area contributed by atoms with Crippen LogP contribution >= 0.6 is 0 Å². The van der Waals surface area contributed by atoms with E-state index in [-0.39, 0.29) is 23.1 Å². The number of benzene rings is 1. The number of nitrogens with zero attached hydrogens (tertiary/aromatic N) is 4. The van der Waals surface area contributed by atoms with Crippen LogP contribution in [0.5, 0.6) is 0 Å². The Morgan fingerprint density at radius 3 is 2.74 bits per heavy atom. The van der Waals surface area contributed by atoms with Gasteiger partial charge in [-0.2, -0.15) is 10.3 Å². The maximum absolute atomic E-state index is 12.9. The third-order valence-corrected chi connectivity index (χ3v) is 3.03. The molecular weight excluding hydrogens is 303 g/mol. The van der Waals surface area contributed by atoms with Gasteiger partial charge in [-0.3, -0.25) is 9.89 Å². The molecule has 8 nitrogen and oxygen atoms in total. The Bertz CT molecular complexity index is 839. The lowest BCUT2D eigenvalue weighted by Gasteiger charge is -1.97. The number of halogens is 1. The predicted octanol–water partition coefficient (Wildman–Crippen LogP) is 1.43. The molecule has 0 aliphatic rings. The summed E-state index contributed by atoms with van der Waals surface area (Å²) in [5, 5.41) is 29.1. The number of carbonyl (C=O) groups is 1. The molecule has 3 rings (SSSR count). The Balaban J connectivity index is 1.73. The molecule has 3 aromatic rings. The SMILES string of the molecule is O=C(C=C(O)c1cc(Cc2ccc(F)cc2)[nH]n1)c1nn[nH]n1. The van der Waals surface area contributed by atoms with Crippen molar-refractivity contribution in [1.82, 2.24) is 30.8 Å². The van der Waals surface area contributed by atoms with Crippen LogP contribution in [0.3, 0.4) is 0 Å². The second kappa shape index (κ2) is 6.18. The van der Waals surface area contributed by atoms with Crippen molar-refractivity contribution >= 4 is 11.5 Å². The summed E-state index contributed by atoms with van der Waals surface area (Å²) in [6, 6.07) is 7.65. The number of hydrogen-bond acceptors (Lipinski definition) is 6. The third-order valence-electron chi connectivity index (χ3n) is 3.03. The van der Waals surface area contributed by atoms with Crippen LogP contribution in [0.1, 0.15) is 27.6 Å². The minimum absolute atomic E-state index is 0.154. The van der Waals surface area contributed by atoms with Crippen molar-refractivity contribution in [3.05, 3.63) is 65.0 Å². The molecule has 0 amide bonds. The molecule has 0 saturated heterocycles. The molecule has 9 heteroatoms. The number of allylic oxidation sites excluding steroid dienone is 1. The molecule has 0 radical (unpaired) electrons. The van der Waals surface area contributed by atoms with Crippen LogP contribution in [0.15, 0.2) is 36.4 Å². The molecule has 0 aliphatic carbocycles. The molecule has 3 N–H and O–H groups in total. The first-order valence-electron chi connectivity index (χ1n) is 6.59. The number of tetrazole rings is 1. The number of rotatable bonds is 5. The summed E-state index contributed by atoms with van der Waals surface area (Å²) in [5.41, 5.74) is 1.80. The Morgan fingerprint density at radius 1 is 1.26 bits per heavy atom. The fraction of sp³-hybridized carbons (Fsp3) is 0.0714. The van der Waals surface area contributed by atoms with Gasteiger partial charge in [0.05, 0.1) is 0 Å². The average molecular weight is 314 g/mol. The number of H-pyrrole nitrogens is 2. The lowest BCUT2D eigenvalue weighted by atomic mass is 10.1. The summed E-state index contributed by atoms with van der Waals surface area (Å²) in [6.45, 7) is 0. The fourth-order valence-electron chi connectivity index (χ4n) is 1.93. The number of aromatic nitrogens is 6. The lowest BCUT2D eigenvalue weighted by Crippen LogP contribution is -1.99. The monoisotopic (exact) mass is 314 g/mol. The highest BCUT2D eigenvalue weighted by Gasteiger charge is 2.12. The molecule has 0 unspecified atom stereocenters. The zero-order valence-corrected chi connectivity index (χ0v) is 11.7. The summed E-state index contributed by atoms with van der Waals surface area (Å²) in [4.78, 5) is 11.7.